The normalized spacial score (nSPS) is 11.5. The predicted octanol–water partition coefficient (Wildman–Crippen LogP) is 4.92. The maximum Gasteiger partial charge on any atom is 0.337 e. The van der Waals surface area contributed by atoms with Crippen molar-refractivity contribution in [2.24, 2.45) is 0 Å². The number of esters is 1. The van der Waals surface area contributed by atoms with Crippen molar-refractivity contribution < 1.29 is 19.4 Å². The number of methoxy groups -OCH3 is 1. The van der Waals surface area contributed by atoms with Crippen LogP contribution in [0.2, 0.25) is 0 Å². The first-order valence-electron chi connectivity index (χ1n) is 10.5. The van der Waals surface area contributed by atoms with Gasteiger partial charge in [0.15, 0.2) is 0 Å². The van der Waals surface area contributed by atoms with Gasteiger partial charge in [-0.3, -0.25) is 0 Å². The zero-order chi connectivity index (χ0) is 23.2. The number of carbonyl (C=O) groups excluding carboxylic acids is 2. The van der Waals surface area contributed by atoms with Crippen molar-refractivity contribution in [1.82, 2.24) is 10.6 Å². The lowest BCUT2D eigenvalue weighted by atomic mass is 9.93. The van der Waals surface area contributed by atoms with Gasteiger partial charge in [-0.05, 0) is 40.1 Å². The van der Waals surface area contributed by atoms with Crippen molar-refractivity contribution in [2.75, 3.05) is 7.11 Å². The van der Waals surface area contributed by atoms with E-state index in [2.05, 4.69) is 10.6 Å². The summed E-state index contributed by atoms with van der Waals surface area (Å²) < 4.78 is 4.70. The fourth-order valence-corrected chi connectivity index (χ4v) is 3.80. The lowest BCUT2D eigenvalue weighted by Crippen LogP contribution is -2.38. The average Bonchev–Trinajstić information content (AvgIpc) is 2.86. The third-order valence-corrected chi connectivity index (χ3v) is 5.47. The zero-order valence-corrected chi connectivity index (χ0v) is 18.1. The highest BCUT2D eigenvalue weighted by molar-refractivity contribution is 5.90. The van der Waals surface area contributed by atoms with Crippen LogP contribution in [0.5, 0.6) is 5.75 Å². The maximum absolute atomic E-state index is 12.9. The lowest BCUT2D eigenvalue weighted by Gasteiger charge is -2.23. The van der Waals surface area contributed by atoms with Gasteiger partial charge in [0.1, 0.15) is 5.75 Å². The van der Waals surface area contributed by atoms with E-state index in [1.807, 2.05) is 60.7 Å². The summed E-state index contributed by atoms with van der Waals surface area (Å²) in [5.74, 6) is -0.297. The van der Waals surface area contributed by atoms with Crippen LogP contribution in [0.1, 0.15) is 33.1 Å². The molecule has 4 rings (SSSR count). The van der Waals surface area contributed by atoms with Crippen molar-refractivity contribution >= 4 is 22.8 Å². The lowest BCUT2D eigenvalue weighted by molar-refractivity contribution is 0.0600. The zero-order valence-electron chi connectivity index (χ0n) is 18.1. The first-order valence-corrected chi connectivity index (χ1v) is 10.5. The van der Waals surface area contributed by atoms with Gasteiger partial charge in [0.2, 0.25) is 0 Å². The fourth-order valence-electron chi connectivity index (χ4n) is 3.80. The molecule has 1 atom stereocenters. The summed E-state index contributed by atoms with van der Waals surface area (Å²) in [6.45, 7) is 0.274. The molecule has 2 amide bonds. The summed E-state index contributed by atoms with van der Waals surface area (Å²) in [5, 5.41) is 18.4. The minimum Gasteiger partial charge on any atom is -0.508 e. The third-order valence-electron chi connectivity index (χ3n) is 5.47. The predicted molar refractivity (Wildman–Crippen MR) is 127 cm³/mol. The molecular formula is C27H24N2O4. The molecule has 0 radical (unpaired) electrons. The van der Waals surface area contributed by atoms with Crippen LogP contribution in [-0.4, -0.2) is 24.2 Å². The van der Waals surface area contributed by atoms with Crippen LogP contribution >= 0.6 is 0 Å². The van der Waals surface area contributed by atoms with Crippen molar-refractivity contribution in [3.63, 3.8) is 0 Å². The average molecular weight is 440 g/mol. The molecule has 0 fully saturated rings. The number of hydrogen-bond acceptors (Lipinski definition) is 4. The van der Waals surface area contributed by atoms with E-state index in [0.29, 0.717) is 11.1 Å². The highest BCUT2D eigenvalue weighted by Crippen LogP contribution is 2.35. The van der Waals surface area contributed by atoms with Gasteiger partial charge in [0.25, 0.3) is 0 Å². The van der Waals surface area contributed by atoms with Gasteiger partial charge in [0.05, 0.1) is 18.7 Å². The standard InChI is InChI=1S/C27H24N2O4/c1-33-26(31)21-13-11-18(12-14-21)17-28-27(32)29-25(20-8-3-2-4-9-20)24-22-10-6-5-7-19(22)15-16-23(24)30/h2-16,25,30H,17H2,1H3,(H2,28,29,32)/t25-/m1/s1. The Kier molecular flexibility index (Phi) is 6.55. The number of amides is 2. The number of phenols is 1. The molecule has 0 bridgehead atoms. The number of nitrogens with one attached hydrogen (secondary N) is 2. The van der Waals surface area contributed by atoms with Crippen molar-refractivity contribution in [1.29, 1.82) is 0 Å². The number of hydrogen-bond donors (Lipinski definition) is 3. The monoisotopic (exact) mass is 440 g/mol. The van der Waals surface area contributed by atoms with E-state index in [1.54, 1.807) is 30.3 Å². The molecule has 0 saturated heterocycles. The molecule has 6 heteroatoms. The Morgan fingerprint density at radius 3 is 2.30 bits per heavy atom. The van der Waals surface area contributed by atoms with Crippen molar-refractivity contribution in [3.8, 4) is 5.75 Å². The highest BCUT2D eigenvalue weighted by atomic mass is 16.5. The van der Waals surface area contributed by atoms with E-state index in [1.165, 1.54) is 7.11 Å². The minimum absolute atomic E-state index is 0.112. The van der Waals surface area contributed by atoms with E-state index in [9.17, 15) is 14.7 Å². The molecule has 6 nitrogen and oxygen atoms in total. The molecule has 0 unspecified atom stereocenters. The van der Waals surface area contributed by atoms with Crippen LogP contribution in [-0.2, 0) is 11.3 Å². The van der Waals surface area contributed by atoms with E-state index in [4.69, 9.17) is 4.74 Å². The van der Waals surface area contributed by atoms with E-state index >= 15 is 0 Å². The first-order chi connectivity index (χ1) is 16.1. The summed E-state index contributed by atoms with van der Waals surface area (Å²) in [7, 11) is 1.33. The molecular weight excluding hydrogens is 416 g/mol. The van der Waals surface area contributed by atoms with Gasteiger partial charge < -0.3 is 20.5 Å². The van der Waals surface area contributed by atoms with E-state index in [-0.39, 0.29) is 18.3 Å². The Labute approximate surface area is 191 Å². The molecule has 166 valence electrons. The van der Waals surface area contributed by atoms with Gasteiger partial charge in [-0.25, -0.2) is 9.59 Å². The number of carbonyl (C=O) groups is 2. The second-order valence-electron chi connectivity index (χ2n) is 7.58. The Hall–Kier alpha value is -4.32. The molecule has 4 aromatic carbocycles. The van der Waals surface area contributed by atoms with Gasteiger partial charge in [-0.2, -0.15) is 0 Å². The quantitative estimate of drug-likeness (QED) is 0.371. The number of rotatable bonds is 6. The number of aromatic hydroxyl groups is 1. The van der Waals surface area contributed by atoms with Crippen LogP contribution < -0.4 is 10.6 Å². The molecule has 0 aromatic heterocycles. The molecule has 0 aliphatic heterocycles. The van der Waals surface area contributed by atoms with Gasteiger partial charge in [0, 0.05) is 12.1 Å². The summed E-state index contributed by atoms with van der Waals surface area (Å²) in [5.41, 5.74) is 2.77. The number of urea groups is 1. The highest BCUT2D eigenvalue weighted by Gasteiger charge is 2.22. The van der Waals surface area contributed by atoms with Crippen molar-refractivity contribution in [2.45, 2.75) is 12.6 Å². The Bertz CT molecular complexity index is 1270. The minimum atomic E-state index is -0.556. The Morgan fingerprint density at radius 2 is 1.58 bits per heavy atom. The molecule has 0 aliphatic rings. The molecule has 0 spiro atoms. The number of phenolic OH excluding ortho intramolecular Hbond substituents is 1. The summed E-state index contributed by atoms with van der Waals surface area (Å²) >= 11 is 0. The summed E-state index contributed by atoms with van der Waals surface area (Å²) in [4.78, 5) is 24.4. The molecule has 0 saturated carbocycles. The topological polar surface area (TPSA) is 87.7 Å². The van der Waals surface area contributed by atoms with E-state index < -0.39 is 12.0 Å². The largest absolute Gasteiger partial charge is 0.508 e. The van der Waals surface area contributed by atoms with Gasteiger partial charge in [-0.15, -0.1) is 0 Å². The van der Waals surface area contributed by atoms with Crippen LogP contribution in [0.4, 0.5) is 4.79 Å². The molecule has 0 aliphatic carbocycles. The van der Waals surface area contributed by atoms with Crippen LogP contribution in [0.25, 0.3) is 10.8 Å². The first kappa shape index (κ1) is 21.9. The smallest absolute Gasteiger partial charge is 0.337 e. The van der Waals surface area contributed by atoms with Crippen LogP contribution in [0, 0.1) is 0 Å². The molecule has 3 N–H and O–H groups in total. The Morgan fingerprint density at radius 1 is 0.879 bits per heavy atom. The molecule has 4 aromatic rings. The summed E-state index contributed by atoms with van der Waals surface area (Å²) in [6.07, 6.45) is 0. The molecule has 33 heavy (non-hydrogen) atoms. The third kappa shape index (κ3) is 4.96. The van der Waals surface area contributed by atoms with Crippen LogP contribution in [0.15, 0.2) is 91.0 Å². The summed E-state index contributed by atoms with van der Waals surface area (Å²) in [6, 6.07) is 26.7. The maximum atomic E-state index is 12.9. The number of benzene rings is 4. The Balaban J connectivity index is 1.57. The fraction of sp³-hybridized carbons (Fsp3) is 0.111. The van der Waals surface area contributed by atoms with Gasteiger partial charge in [-0.1, -0.05) is 72.8 Å². The number of fused-ring (bicyclic) bond motifs is 1. The van der Waals surface area contributed by atoms with Crippen LogP contribution in [0.3, 0.4) is 0 Å². The van der Waals surface area contributed by atoms with Gasteiger partial charge >= 0.3 is 12.0 Å². The van der Waals surface area contributed by atoms with Crippen molar-refractivity contribution in [3.05, 3.63) is 113 Å². The SMILES string of the molecule is COC(=O)c1ccc(CNC(=O)N[C@H](c2ccccc2)c2c(O)ccc3ccccc23)cc1. The second-order valence-corrected chi connectivity index (χ2v) is 7.58. The number of ether oxygens (including phenoxy) is 1. The molecule has 0 heterocycles. The second kappa shape index (κ2) is 9.87. The van der Waals surface area contributed by atoms with E-state index in [0.717, 1.165) is 21.9 Å².